The third kappa shape index (κ3) is 4.32. The highest BCUT2D eigenvalue weighted by Crippen LogP contribution is 2.32. The molecule has 1 aliphatic heterocycles. The van der Waals surface area contributed by atoms with E-state index in [1.807, 2.05) is 19.1 Å². The minimum atomic E-state index is -0.0742. The van der Waals surface area contributed by atoms with Gasteiger partial charge in [0.25, 0.3) is 0 Å². The molecule has 1 aliphatic carbocycles. The monoisotopic (exact) mass is 427 g/mol. The summed E-state index contributed by atoms with van der Waals surface area (Å²) in [6, 6.07) is 6.13. The molecule has 0 spiro atoms. The van der Waals surface area contributed by atoms with Crippen LogP contribution in [0, 0.1) is 0 Å². The maximum atomic E-state index is 12.7. The van der Waals surface area contributed by atoms with Crippen LogP contribution in [0.2, 0.25) is 5.02 Å². The first-order valence-corrected chi connectivity index (χ1v) is 10.8. The number of fused-ring (bicyclic) bond motifs is 1. The zero-order valence-electron chi connectivity index (χ0n) is 17.4. The number of amides is 1. The smallest absolute Gasteiger partial charge is 0.239 e. The zero-order valence-corrected chi connectivity index (χ0v) is 18.1. The number of carbonyl (C=O) groups is 1. The first kappa shape index (κ1) is 20.8. The molecule has 4 rings (SSSR count). The number of benzene rings is 1. The van der Waals surface area contributed by atoms with E-state index in [0.29, 0.717) is 24.9 Å². The van der Waals surface area contributed by atoms with Gasteiger partial charge in [0.05, 0.1) is 6.54 Å². The average molecular weight is 428 g/mol. The number of halogens is 1. The lowest BCUT2D eigenvalue weighted by atomic mass is 9.93. The van der Waals surface area contributed by atoms with E-state index in [-0.39, 0.29) is 18.0 Å². The molecule has 1 amide bonds. The molecule has 1 aromatic heterocycles. The molecule has 1 fully saturated rings. The normalized spacial score (nSPS) is 18.2. The molecule has 2 aliphatic rings. The van der Waals surface area contributed by atoms with Crippen LogP contribution in [0.3, 0.4) is 0 Å². The van der Waals surface area contributed by atoms with Crippen molar-refractivity contribution in [2.75, 3.05) is 12.3 Å². The van der Waals surface area contributed by atoms with Crippen molar-refractivity contribution in [3.05, 3.63) is 52.1 Å². The second kappa shape index (κ2) is 8.70. The molecule has 1 saturated carbocycles. The Morgan fingerprint density at radius 3 is 2.83 bits per heavy atom. The van der Waals surface area contributed by atoms with Gasteiger partial charge in [-0.3, -0.25) is 4.79 Å². The van der Waals surface area contributed by atoms with Gasteiger partial charge >= 0.3 is 0 Å². The molecule has 30 heavy (non-hydrogen) atoms. The van der Waals surface area contributed by atoms with Crippen LogP contribution in [0.4, 0.5) is 5.82 Å². The summed E-state index contributed by atoms with van der Waals surface area (Å²) in [7, 11) is 0. The van der Waals surface area contributed by atoms with Gasteiger partial charge in [-0.15, -0.1) is 0 Å². The number of anilines is 1. The number of rotatable bonds is 7. The number of nitrogens with two attached hydrogens (primary N) is 1. The Morgan fingerprint density at radius 2 is 2.17 bits per heavy atom. The van der Waals surface area contributed by atoms with Crippen molar-refractivity contribution >= 4 is 29.4 Å². The topological polar surface area (TPSA) is 97.4 Å². The molecule has 2 heterocycles. The number of nitrogen functional groups attached to an aromatic ring is 1. The highest BCUT2D eigenvalue weighted by Gasteiger charge is 2.27. The van der Waals surface area contributed by atoms with Gasteiger partial charge in [-0.2, -0.15) is 0 Å². The lowest BCUT2D eigenvalue weighted by molar-refractivity contribution is -0.123. The van der Waals surface area contributed by atoms with Crippen LogP contribution in [-0.4, -0.2) is 34.4 Å². The minimum absolute atomic E-state index is 0.0280. The van der Waals surface area contributed by atoms with E-state index in [1.54, 1.807) is 0 Å². The van der Waals surface area contributed by atoms with Gasteiger partial charge in [-0.1, -0.05) is 23.7 Å². The summed E-state index contributed by atoms with van der Waals surface area (Å²) < 4.78 is 0. The molecule has 0 bridgehead atoms. The van der Waals surface area contributed by atoms with E-state index < -0.39 is 0 Å². The van der Waals surface area contributed by atoms with Gasteiger partial charge in [0.1, 0.15) is 0 Å². The fourth-order valence-corrected chi connectivity index (χ4v) is 4.36. The van der Waals surface area contributed by atoms with E-state index in [2.05, 4.69) is 44.6 Å². The van der Waals surface area contributed by atoms with E-state index in [9.17, 15) is 4.79 Å². The summed E-state index contributed by atoms with van der Waals surface area (Å²) in [6.07, 6.45) is 6.92. The summed E-state index contributed by atoms with van der Waals surface area (Å²) in [5, 5.41) is 7.41. The Morgan fingerprint density at radius 1 is 1.37 bits per heavy atom. The van der Waals surface area contributed by atoms with E-state index in [0.717, 1.165) is 40.4 Å². The second-order valence-corrected chi connectivity index (χ2v) is 8.59. The Balaban J connectivity index is 1.55. The number of carbonyl (C=O) groups excluding carboxylic acids is 1. The average Bonchev–Trinajstić information content (AvgIpc) is 3.11. The fraction of sp³-hybridized carbons (Fsp3) is 0.455. The van der Waals surface area contributed by atoms with Gasteiger partial charge in [-0.25, -0.2) is 0 Å². The largest absolute Gasteiger partial charge is 0.455 e. The summed E-state index contributed by atoms with van der Waals surface area (Å²) >= 11 is 6.46. The van der Waals surface area contributed by atoms with Crippen LogP contribution in [0.25, 0.3) is 6.08 Å². The minimum Gasteiger partial charge on any atom is -0.455 e. The standard InChI is InChI=1S/C22H29ClN6O/c1-13(27-14(2)21-22(24)26-12-25-21)19-9-15-5-3-8-18(23)17(15)10-29(19)11-20(30)28-16-6-4-7-16/h3,5,8-9,12-14,16,27H,4,6-7,10-11,24H2,1-2H3,(H2,25,26,28,30)/p-1/t13-,14?/m0/s1. The van der Waals surface area contributed by atoms with Crippen LogP contribution in [0.5, 0.6) is 0 Å². The number of nitrogens with zero attached hydrogens (tertiary/aromatic N) is 3. The van der Waals surface area contributed by atoms with Crippen molar-refractivity contribution < 1.29 is 4.79 Å². The summed E-state index contributed by atoms with van der Waals surface area (Å²) in [4.78, 5) is 23.1. The van der Waals surface area contributed by atoms with Crippen LogP contribution >= 0.6 is 11.6 Å². The molecule has 1 aromatic carbocycles. The van der Waals surface area contributed by atoms with Crippen LogP contribution in [0.15, 0.2) is 30.2 Å². The Labute approximate surface area is 182 Å². The SMILES string of the molecule is CC(N[C@@H](C)C1=Cc2cccc(Cl)c2CN1CC(=O)NC1CCC1)c1nc[n-]c1N. The first-order chi connectivity index (χ1) is 14.4. The Hall–Kier alpha value is -2.51. The fourth-order valence-electron chi connectivity index (χ4n) is 4.11. The number of hydrogen-bond acceptors (Lipinski definition) is 5. The molecule has 7 nitrogen and oxygen atoms in total. The third-order valence-electron chi connectivity index (χ3n) is 5.99. The lowest BCUT2D eigenvalue weighted by Gasteiger charge is -2.37. The van der Waals surface area contributed by atoms with Crippen molar-refractivity contribution in [2.24, 2.45) is 0 Å². The predicted molar refractivity (Wildman–Crippen MR) is 119 cm³/mol. The number of aromatic nitrogens is 2. The number of nitrogens with one attached hydrogen (secondary N) is 2. The van der Waals surface area contributed by atoms with Gasteiger partial charge in [0.15, 0.2) is 0 Å². The summed E-state index contributed by atoms with van der Waals surface area (Å²) in [6.45, 7) is 4.99. The van der Waals surface area contributed by atoms with Crippen molar-refractivity contribution in [1.29, 1.82) is 0 Å². The molecule has 0 radical (unpaired) electrons. The van der Waals surface area contributed by atoms with Crippen LogP contribution < -0.4 is 21.4 Å². The maximum absolute atomic E-state index is 12.7. The van der Waals surface area contributed by atoms with Crippen molar-refractivity contribution in [1.82, 2.24) is 25.5 Å². The highest BCUT2D eigenvalue weighted by molar-refractivity contribution is 6.31. The number of imidazole rings is 1. The Kier molecular flexibility index (Phi) is 6.01. The molecule has 8 heteroatoms. The lowest BCUT2D eigenvalue weighted by Crippen LogP contribution is -2.47. The molecular formula is C22H28ClN6O-. The molecular weight excluding hydrogens is 400 g/mol. The highest BCUT2D eigenvalue weighted by atomic mass is 35.5. The van der Waals surface area contributed by atoms with E-state index in [4.69, 9.17) is 17.3 Å². The van der Waals surface area contributed by atoms with Crippen LogP contribution in [0.1, 0.15) is 56.0 Å². The summed E-state index contributed by atoms with van der Waals surface area (Å²) in [5.41, 5.74) is 9.83. The van der Waals surface area contributed by atoms with Gasteiger partial charge in [-0.05, 0) is 68.4 Å². The third-order valence-corrected chi connectivity index (χ3v) is 6.34. The second-order valence-electron chi connectivity index (χ2n) is 8.18. The predicted octanol–water partition coefficient (Wildman–Crippen LogP) is 2.84. The van der Waals surface area contributed by atoms with E-state index in [1.165, 1.54) is 12.7 Å². The van der Waals surface area contributed by atoms with Crippen molar-refractivity contribution in [2.45, 2.75) is 57.8 Å². The number of hydrogen-bond donors (Lipinski definition) is 3. The molecule has 0 saturated heterocycles. The summed E-state index contributed by atoms with van der Waals surface area (Å²) in [5.74, 6) is 0.487. The van der Waals surface area contributed by atoms with Crippen molar-refractivity contribution in [3.8, 4) is 0 Å². The quantitative estimate of drug-likeness (QED) is 0.628. The van der Waals surface area contributed by atoms with Crippen molar-refractivity contribution in [3.63, 3.8) is 0 Å². The van der Waals surface area contributed by atoms with E-state index >= 15 is 0 Å². The first-order valence-electron chi connectivity index (χ1n) is 10.4. The van der Waals surface area contributed by atoms with Gasteiger partial charge in [0, 0.05) is 41.2 Å². The maximum Gasteiger partial charge on any atom is 0.239 e. The molecule has 160 valence electrons. The zero-order chi connectivity index (χ0) is 21.3. The van der Waals surface area contributed by atoms with Crippen LogP contribution in [-0.2, 0) is 11.3 Å². The Bertz CT molecular complexity index is 951. The molecule has 4 N–H and O–H groups in total. The molecule has 2 aromatic rings. The van der Waals surface area contributed by atoms with Gasteiger partial charge in [0.2, 0.25) is 5.91 Å². The van der Waals surface area contributed by atoms with Gasteiger partial charge < -0.3 is 31.2 Å². The molecule has 2 atom stereocenters. The molecule has 1 unspecified atom stereocenters.